The highest BCUT2D eigenvalue weighted by Crippen LogP contribution is 2.24. The molecule has 0 saturated heterocycles. The highest BCUT2D eigenvalue weighted by molar-refractivity contribution is 5.89. The van der Waals surface area contributed by atoms with Gasteiger partial charge in [0, 0.05) is 23.6 Å². The molecule has 3 heterocycles. The summed E-state index contributed by atoms with van der Waals surface area (Å²) >= 11 is 0. The lowest BCUT2D eigenvalue weighted by molar-refractivity contribution is 0.0697. The number of rotatable bonds is 4. The maximum Gasteiger partial charge on any atom is 0.335 e. The van der Waals surface area contributed by atoms with Gasteiger partial charge in [-0.05, 0) is 60.5 Å². The van der Waals surface area contributed by atoms with Crippen LogP contribution in [-0.4, -0.2) is 35.9 Å². The predicted molar refractivity (Wildman–Crippen MR) is 112 cm³/mol. The summed E-state index contributed by atoms with van der Waals surface area (Å²) in [6.07, 6.45) is 2.40. The van der Waals surface area contributed by atoms with Gasteiger partial charge in [0.05, 0.1) is 16.8 Å². The van der Waals surface area contributed by atoms with Crippen LogP contribution >= 0.6 is 0 Å². The van der Waals surface area contributed by atoms with Crippen molar-refractivity contribution in [1.29, 1.82) is 0 Å². The molecule has 0 aliphatic rings. The smallest absolute Gasteiger partial charge is 0.335 e. The summed E-state index contributed by atoms with van der Waals surface area (Å²) in [5, 5.41) is 23.1. The largest absolute Gasteiger partial charge is 0.478 e. The Morgan fingerprint density at radius 3 is 2.60 bits per heavy atom. The van der Waals surface area contributed by atoms with Gasteiger partial charge in [0.2, 0.25) is 0 Å². The summed E-state index contributed by atoms with van der Waals surface area (Å²) in [6.45, 7) is 1.94. The van der Waals surface area contributed by atoms with E-state index in [-0.39, 0.29) is 5.56 Å². The molecule has 0 unspecified atom stereocenters. The number of hydrogen-bond donors (Lipinski definition) is 1. The first-order chi connectivity index (χ1) is 14.6. The Kier molecular flexibility index (Phi) is 4.21. The number of benzene rings is 2. The highest BCUT2D eigenvalue weighted by atomic mass is 16.4. The second-order valence-corrected chi connectivity index (χ2v) is 7.17. The molecule has 1 N–H and O–H groups in total. The Balaban J connectivity index is 1.50. The fourth-order valence-electron chi connectivity index (χ4n) is 3.47. The standard InChI is InChI=1S/C23H17N5O2/c1-14-2-9-21-25-26-22(28(21)27-14)11-15-3-8-20-18(10-15)12-19(13-24-20)16-4-6-17(7-5-16)23(29)30/h2-10,12-13H,11H2,1H3,(H,29,30). The first-order valence-electron chi connectivity index (χ1n) is 9.47. The van der Waals surface area contributed by atoms with Gasteiger partial charge in [-0.15, -0.1) is 10.2 Å². The first kappa shape index (κ1) is 17.9. The van der Waals surface area contributed by atoms with Gasteiger partial charge in [0.1, 0.15) is 0 Å². The van der Waals surface area contributed by atoms with Crippen molar-refractivity contribution in [2.75, 3.05) is 0 Å². The monoisotopic (exact) mass is 395 g/mol. The van der Waals surface area contributed by atoms with Crippen molar-refractivity contribution in [2.24, 2.45) is 0 Å². The number of hydrogen-bond acceptors (Lipinski definition) is 5. The van der Waals surface area contributed by atoms with Crippen molar-refractivity contribution in [3.63, 3.8) is 0 Å². The van der Waals surface area contributed by atoms with Crippen LogP contribution in [0, 0.1) is 6.92 Å². The van der Waals surface area contributed by atoms with Crippen molar-refractivity contribution >= 4 is 22.5 Å². The molecular weight excluding hydrogens is 378 g/mol. The molecular formula is C23H17N5O2. The molecule has 0 saturated carbocycles. The number of pyridine rings is 1. The zero-order chi connectivity index (χ0) is 20.7. The van der Waals surface area contributed by atoms with E-state index in [0.717, 1.165) is 44.8 Å². The molecule has 0 amide bonds. The third-order valence-corrected chi connectivity index (χ3v) is 5.03. The van der Waals surface area contributed by atoms with Crippen LogP contribution < -0.4 is 0 Å². The fraction of sp³-hybridized carbons (Fsp3) is 0.0870. The van der Waals surface area contributed by atoms with Gasteiger partial charge in [-0.1, -0.05) is 18.2 Å². The minimum absolute atomic E-state index is 0.263. The maximum absolute atomic E-state index is 11.1. The molecule has 30 heavy (non-hydrogen) atoms. The lowest BCUT2D eigenvalue weighted by atomic mass is 10.0. The van der Waals surface area contributed by atoms with Crippen LogP contribution in [0.4, 0.5) is 0 Å². The fourth-order valence-corrected chi connectivity index (χ4v) is 3.47. The second kappa shape index (κ2) is 7.04. The molecule has 0 aliphatic carbocycles. The maximum atomic E-state index is 11.1. The normalized spacial score (nSPS) is 11.2. The van der Waals surface area contributed by atoms with E-state index < -0.39 is 5.97 Å². The van der Waals surface area contributed by atoms with Crippen molar-refractivity contribution in [1.82, 2.24) is 24.8 Å². The Hall–Kier alpha value is -4.13. The lowest BCUT2D eigenvalue weighted by Gasteiger charge is -2.06. The minimum Gasteiger partial charge on any atom is -0.478 e. The third-order valence-electron chi connectivity index (χ3n) is 5.03. The number of carboxylic acids is 1. The van der Waals surface area contributed by atoms with E-state index in [1.165, 1.54) is 0 Å². The molecule has 0 fully saturated rings. The third kappa shape index (κ3) is 3.26. The first-order valence-corrected chi connectivity index (χ1v) is 9.47. The summed E-state index contributed by atoms with van der Waals surface area (Å²) in [5.41, 5.74) is 5.73. The summed E-state index contributed by atoms with van der Waals surface area (Å²) in [6, 6.07) is 18.8. The van der Waals surface area contributed by atoms with E-state index in [9.17, 15) is 4.79 Å². The summed E-state index contributed by atoms with van der Waals surface area (Å²) in [7, 11) is 0. The van der Waals surface area contributed by atoms with Crippen molar-refractivity contribution < 1.29 is 9.90 Å². The van der Waals surface area contributed by atoms with Gasteiger partial charge in [0.15, 0.2) is 11.5 Å². The summed E-state index contributed by atoms with van der Waals surface area (Å²) in [4.78, 5) is 15.6. The van der Waals surface area contributed by atoms with Gasteiger partial charge in [-0.2, -0.15) is 9.61 Å². The van der Waals surface area contributed by atoms with E-state index in [0.29, 0.717) is 6.42 Å². The number of nitrogens with zero attached hydrogens (tertiary/aromatic N) is 5. The zero-order valence-corrected chi connectivity index (χ0v) is 16.1. The molecule has 0 bridgehead atoms. The Bertz CT molecular complexity index is 1410. The number of aromatic carboxylic acids is 1. The van der Waals surface area contributed by atoms with Crippen LogP contribution in [0.15, 0.2) is 66.9 Å². The van der Waals surface area contributed by atoms with Gasteiger partial charge < -0.3 is 5.11 Å². The van der Waals surface area contributed by atoms with E-state index in [1.54, 1.807) is 35.0 Å². The number of carboxylic acid groups (broad SMARTS) is 1. The minimum atomic E-state index is -0.937. The van der Waals surface area contributed by atoms with Crippen LogP contribution in [0.25, 0.3) is 27.7 Å². The van der Waals surface area contributed by atoms with E-state index in [4.69, 9.17) is 5.11 Å². The number of carbonyl (C=O) groups is 1. The molecule has 7 heteroatoms. The number of fused-ring (bicyclic) bond motifs is 2. The van der Waals surface area contributed by atoms with Crippen LogP contribution in [0.5, 0.6) is 0 Å². The van der Waals surface area contributed by atoms with Gasteiger partial charge >= 0.3 is 5.97 Å². The average Bonchev–Trinajstić information content (AvgIpc) is 3.15. The Morgan fingerprint density at radius 2 is 1.80 bits per heavy atom. The topological polar surface area (TPSA) is 93.3 Å². The Labute approximate surface area is 171 Å². The molecule has 5 rings (SSSR count). The quantitative estimate of drug-likeness (QED) is 0.495. The van der Waals surface area contributed by atoms with Crippen LogP contribution in [0.2, 0.25) is 0 Å². The van der Waals surface area contributed by atoms with Gasteiger partial charge in [-0.25, -0.2) is 4.79 Å². The van der Waals surface area contributed by atoms with E-state index in [1.807, 2.05) is 31.2 Å². The summed E-state index contributed by atoms with van der Waals surface area (Å²) in [5.74, 6) is -0.157. The van der Waals surface area contributed by atoms with Crippen molar-refractivity contribution in [3.05, 3.63) is 89.5 Å². The molecule has 0 atom stereocenters. The molecule has 146 valence electrons. The molecule has 3 aromatic heterocycles. The SMILES string of the molecule is Cc1ccc2nnc(Cc3ccc4ncc(-c5ccc(C(=O)O)cc5)cc4c3)n2n1. The number of aromatic nitrogens is 5. The predicted octanol–water partition coefficient (Wildman–Crippen LogP) is 3.94. The zero-order valence-electron chi connectivity index (χ0n) is 16.1. The van der Waals surface area contributed by atoms with Crippen LogP contribution in [-0.2, 0) is 6.42 Å². The van der Waals surface area contributed by atoms with E-state index >= 15 is 0 Å². The molecule has 0 radical (unpaired) electrons. The van der Waals surface area contributed by atoms with Crippen molar-refractivity contribution in [3.8, 4) is 11.1 Å². The lowest BCUT2D eigenvalue weighted by Crippen LogP contribution is -2.01. The second-order valence-electron chi connectivity index (χ2n) is 7.17. The highest BCUT2D eigenvalue weighted by Gasteiger charge is 2.09. The molecule has 7 nitrogen and oxygen atoms in total. The van der Waals surface area contributed by atoms with Gasteiger partial charge in [-0.3, -0.25) is 4.98 Å². The average molecular weight is 395 g/mol. The van der Waals surface area contributed by atoms with E-state index in [2.05, 4.69) is 32.4 Å². The van der Waals surface area contributed by atoms with Crippen molar-refractivity contribution in [2.45, 2.75) is 13.3 Å². The van der Waals surface area contributed by atoms with Gasteiger partial charge in [0.25, 0.3) is 0 Å². The molecule has 0 aliphatic heterocycles. The molecule has 5 aromatic rings. The van der Waals surface area contributed by atoms with Crippen LogP contribution in [0.3, 0.4) is 0 Å². The molecule has 0 spiro atoms. The molecule has 2 aromatic carbocycles. The summed E-state index contributed by atoms with van der Waals surface area (Å²) < 4.78 is 1.78. The van der Waals surface area contributed by atoms with Crippen LogP contribution in [0.1, 0.15) is 27.4 Å². The Morgan fingerprint density at radius 1 is 0.967 bits per heavy atom. The number of aryl methyl sites for hydroxylation is 1.